The smallest absolute Gasteiger partial charge is 0.0958 e. The normalized spacial score (nSPS) is 12.0. The molecular formula is C10H8N2S2. The van der Waals surface area contributed by atoms with Crippen LogP contribution < -0.4 is 0 Å². The van der Waals surface area contributed by atoms with Gasteiger partial charge in [-0.2, -0.15) is 12.6 Å². The Hall–Kier alpha value is -1.00. The highest BCUT2D eigenvalue weighted by Crippen LogP contribution is 2.18. The molecule has 0 radical (unpaired) electrons. The van der Waals surface area contributed by atoms with Crippen molar-refractivity contribution < 1.29 is 0 Å². The van der Waals surface area contributed by atoms with Gasteiger partial charge in [-0.15, -0.1) is 12.6 Å². The molecule has 0 fully saturated rings. The lowest BCUT2D eigenvalue weighted by Gasteiger charge is -2.00. The van der Waals surface area contributed by atoms with Crippen LogP contribution in [0.1, 0.15) is 5.69 Å². The fourth-order valence-electron chi connectivity index (χ4n) is 1.15. The molecule has 0 aliphatic heterocycles. The summed E-state index contributed by atoms with van der Waals surface area (Å²) in [6, 6.07) is 7.72. The Kier molecular flexibility index (Phi) is 2.74. The third kappa shape index (κ3) is 1.76. The van der Waals surface area contributed by atoms with Crippen molar-refractivity contribution in [2.75, 3.05) is 0 Å². The summed E-state index contributed by atoms with van der Waals surface area (Å²) < 4.78 is 0. The van der Waals surface area contributed by atoms with Crippen LogP contribution in [-0.4, -0.2) is 9.97 Å². The Labute approximate surface area is 92.9 Å². The fourth-order valence-corrected chi connectivity index (χ4v) is 1.39. The minimum Gasteiger partial charge on any atom is -0.252 e. The number of hydrogen-bond acceptors (Lipinski definition) is 4. The summed E-state index contributed by atoms with van der Waals surface area (Å²) in [6.45, 7) is 0. The number of para-hydroxylation sites is 2. The Morgan fingerprint density at radius 1 is 1.21 bits per heavy atom. The molecule has 0 atom stereocenters. The molecule has 0 spiro atoms. The van der Waals surface area contributed by atoms with Crippen LogP contribution in [0.2, 0.25) is 0 Å². The molecule has 1 aromatic heterocycles. The minimum atomic E-state index is 0.714. The molecule has 14 heavy (non-hydrogen) atoms. The molecule has 2 rings (SSSR count). The topological polar surface area (TPSA) is 25.8 Å². The zero-order valence-electron chi connectivity index (χ0n) is 7.25. The zero-order chi connectivity index (χ0) is 9.97. The van der Waals surface area contributed by atoms with Crippen molar-refractivity contribution in [3.05, 3.63) is 41.6 Å². The van der Waals surface area contributed by atoms with Crippen LogP contribution in [-0.2, 0) is 0 Å². The predicted octanol–water partition coefficient (Wildman–Crippen LogP) is 2.79. The van der Waals surface area contributed by atoms with E-state index >= 15 is 0 Å². The molecular weight excluding hydrogens is 212 g/mol. The maximum Gasteiger partial charge on any atom is 0.0958 e. The van der Waals surface area contributed by atoms with E-state index in [-0.39, 0.29) is 0 Å². The SMILES string of the molecule is SC=C(S)c1cnc2ccccc2n1. The van der Waals surface area contributed by atoms with E-state index in [0.29, 0.717) is 4.91 Å². The lowest BCUT2D eigenvalue weighted by molar-refractivity contribution is 1.26. The third-order valence-electron chi connectivity index (χ3n) is 1.83. The molecule has 0 N–H and O–H groups in total. The summed E-state index contributed by atoms with van der Waals surface area (Å²) in [5, 5.41) is 1.60. The van der Waals surface area contributed by atoms with Crippen molar-refractivity contribution >= 4 is 41.2 Å². The molecule has 0 bridgehead atoms. The monoisotopic (exact) mass is 220 g/mol. The third-order valence-corrected chi connectivity index (χ3v) is 2.65. The Morgan fingerprint density at radius 2 is 1.93 bits per heavy atom. The van der Waals surface area contributed by atoms with E-state index in [9.17, 15) is 0 Å². The second-order valence-corrected chi connectivity index (χ2v) is 3.50. The number of thiol groups is 2. The molecule has 4 heteroatoms. The van der Waals surface area contributed by atoms with Gasteiger partial charge in [0.15, 0.2) is 0 Å². The first kappa shape index (κ1) is 9.55. The second-order valence-electron chi connectivity index (χ2n) is 2.76. The number of rotatable bonds is 1. The summed E-state index contributed by atoms with van der Waals surface area (Å²) in [5.74, 6) is 0. The average Bonchev–Trinajstić information content (AvgIpc) is 2.27. The molecule has 0 saturated carbocycles. The van der Waals surface area contributed by atoms with E-state index in [1.165, 1.54) is 0 Å². The fraction of sp³-hybridized carbons (Fsp3) is 0. The van der Waals surface area contributed by atoms with Gasteiger partial charge in [0, 0.05) is 4.91 Å². The van der Waals surface area contributed by atoms with Gasteiger partial charge in [0.2, 0.25) is 0 Å². The van der Waals surface area contributed by atoms with Crippen molar-refractivity contribution in [2.24, 2.45) is 0 Å². The largest absolute Gasteiger partial charge is 0.252 e. The summed E-state index contributed by atoms with van der Waals surface area (Å²) in [4.78, 5) is 9.37. The Bertz CT molecular complexity index is 494. The number of hydrogen-bond donors (Lipinski definition) is 2. The van der Waals surface area contributed by atoms with E-state index < -0.39 is 0 Å². The molecule has 0 unspecified atom stereocenters. The van der Waals surface area contributed by atoms with Crippen molar-refractivity contribution in [3.8, 4) is 0 Å². The molecule has 1 aromatic carbocycles. The Morgan fingerprint density at radius 3 is 2.64 bits per heavy atom. The van der Waals surface area contributed by atoms with Crippen LogP contribution in [0, 0.1) is 0 Å². The predicted molar refractivity (Wildman–Crippen MR) is 65.5 cm³/mol. The van der Waals surface area contributed by atoms with Gasteiger partial charge in [-0.05, 0) is 17.5 Å². The van der Waals surface area contributed by atoms with Crippen LogP contribution in [0.5, 0.6) is 0 Å². The molecule has 2 nitrogen and oxygen atoms in total. The highest BCUT2D eigenvalue weighted by molar-refractivity contribution is 7.92. The lowest BCUT2D eigenvalue weighted by atomic mass is 10.3. The quantitative estimate of drug-likeness (QED) is 0.723. The van der Waals surface area contributed by atoms with Gasteiger partial charge in [-0.3, -0.25) is 4.98 Å². The van der Waals surface area contributed by atoms with E-state index in [2.05, 4.69) is 35.2 Å². The van der Waals surface area contributed by atoms with Gasteiger partial charge in [0.05, 0.1) is 22.9 Å². The van der Waals surface area contributed by atoms with Crippen LogP contribution in [0.4, 0.5) is 0 Å². The van der Waals surface area contributed by atoms with Crippen LogP contribution in [0.3, 0.4) is 0 Å². The maximum absolute atomic E-state index is 4.39. The average molecular weight is 220 g/mol. The molecule has 0 aliphatic carbocycles. The molecule has 0 amide bonds. The second kappa shape index (κ2) is 4.02. The summed E-state index contributed by atoms with van der Waals surface area (Å²) in [5.41, 5.74) is 2.49. The zero-order valence-corrected chi connectivity index (χ0v) is 9.04. The van der Waals surface area contributed by atoms with Crippen LogP contribution in [0.25, 0.3) is 15.9 Å². The number of benzene rings is 1. The molecule has 2 aromatic rings. The number of aromatic nitrogens is 2. The molecule has 1 heterocycles. The molecule has 70 valence electrons. The van der Waals surface area contributed by atoms with Gasteiger partial charge < -0.3 is 0 Å². The number of nitrogens with zero attached hydrogens (tertiary/aromatic N) is 2. The van der Waals surface area contributed by atoms with Crippen LogP contribution in [0.15, 0.2) is 35.9 Å². The van der Waals surface area contributed by atoms with Crippen molar-refractivity contribution in [1.29, 1.82) is 0 Å². The highest BCUT2D eigenvalue weighted by atomic mass is 32.1. The van der Waals surface area contributed by atoms with Crippen LogP contribution >= 0.6 is 25.3 Å². The minimum absolute atomic E-state index is 0.714. The standard InChI is InChI=1S/C10H8N2S2/c13-6-10(14)9-5-11-7-3-1-2-4-8(7)12-9/h1-6,13-14H. The van der Waals surface area contributed by atoms with Crippen molar-refractivity contribution in [1.82, 2.24) is 9.97 Å². The highest BCUT2D eigenvalue weighted by Gasteiger charge is 2.00. The van der Waals surface area contributed by atoms with Gasteiger partial charge >= 0.3 is 0 Å². The van der Waals surface area contributed by atoms with Crippen molar-refractivity contribution in [2.45, 2.75) is 0 Å². The van der Waals surface area contributed by atoms with E-state index in [4.69, 9.17) is 0 Å². The molecule has 0 saturated heterocycles. The van der Waals surface area contributed by atoms with Gasteiger partial charge in [0.1, 0.15) is 0 Å². The lowest BCUT2D eigenvalue weighted by Crippen LogP contribution is -1.88. The first-order valence-electron chi connectivity index (χ1n) is 4.07. The van der Waals surface area contributed by atoms with E-state index in [1.807, 2.05) is 24.3 Å². The summed E-state index contributed by atoms with van der Waals surface area (Å²) in [6.07, 6.45) is 1.69. The molecule has 0 aliphatic rings. The summed E-state index contributed by atoms with van der Waals surface area (Å²) in [7, 11) is 0. The van der Waals surface area contributed by atoms with Crippen molar-refractivity contribution in [3.63, 3.8) is 0 Å². The first-order valence-corrected chi connectivity index (χ1v) is 5.03. The van der Waals surface area contributed by atoms with E-state index in [1.54, 1.807) is 11.6 Å². The first-order chi connectivity index (χ1) is 6.81. The van der Waals surface area contributed by atoms with Gasteiger partial charge in [-0.1, -0.05) is 12.1 Å². The van der Waals surface area contributed by atoms with Gasteiger partial charge in [0.25, 0.3) is 0 Å². The van der Waals surface area contributed by atoms with Gasteiger partial charge in [-0.25, -0.2) is 4.98 Å². The van der Waals surface area contributed by atoms with E-state index in [0.717, 1.165) is 16.7 Å². The Balaban J connectivity index is 2.62. The summed E-state index contributed by atoms with van der Waals surface area (Å²) >= 11 is 8.24. The maximum atomic E-state index is 4.39. The number of fused-ring (bicyclic) bond motifs is 1.